The molecule has 0 aliphatic heterocycles. The van der Waals surface area contributed by atoms with E-state index in [0.29, 0.717) is 12.4 Å². The summed E-state index contributed by atoms with van der Waals surface area (Å²) in [6.45, 7) is 5.10. The molecule has 3 nitrogen and oxygen atoms in total. The second-order valence-electron chi connectivity index (χ2n) is 5.96. The van der Waals surface area contributed by atoms with E-state index in [-0.39, 0.29) is 0 Å². The normalized spacial score (nSPS) is 12.1. The number of likely N-dealkylation sites (N-methyl/N-ethyl adjacent to an activating group) is 1. The summed E-state index contributed by atoms with van der Waals surface area (Å²) < 4.78 is 0. The van der Waals surface area contributed by atoms with Crippen LogP contribution in [0.15, 0.2) is 29.6 Å². The minimum atomic E-state index is -0.673. The molecule has 5 heteroatoms. The Morgan fingerprint density at radius 3 is 2.48 bits per heavy atom. The smallest absolute Gasteiger partial charge is 0.123 e. The highest BCUT2D eigenvalue weighted by Gasteiger charge is 2.15. The predicted molar refractivity (Wildman–Crippen MR) is 89.7 cm³/mol. The van der Waals surface area contributed by atoms with Gasteiger partial charge in [0.2, 0.25) is 0 Å². The van der Waals surface area contributed by atoms with Crippen molar-refractivity contribution in [2.24, 2.45) is 0 Å². The third-order valence-corrected chi connectivity index (χ3v) is 4.21. The van der Waals surface area contributed by atoms with Crippen molar-refractivity contribution < 1.29 is 5.11 Å². The van der Waals surface area contributed by atoms with Gasteiger partial charge in [0.05, 0.1) is 17.2 Å². The van der Waals surface area contributed by atoms with Crippen molar-refractivity contribution in [2.45, 2.75) is 31.9 Å². The molecule has 2 rings (SSSR count). The number of halogens is 1. The summed E-state index contributed by atoms with van der Waals surface area (Å²) in [4.78, 5) is 6.60. The van der Waals surface area contributed by atoms with Gasteiger partial charge in [-0.05, 0) is 26.5 Å². The van der Waals surface area contributed by atoms with Crippen molar-refractivity contribution in [3.63, 3.8) is 0 Å². The average Bonchev–Trinajstić information content (AvgIpc) is 2.86. The second kappa shape index (κ2) is 6.88. The number of benzene rings is 1. The Hall–Kier alpha value is -0.940. The van der Waals surface area contributed by atoms with Crippen molar-refractivity contribution >= 4 is 22.9 Å². The molecule has 0 saturated heterocycles. The molecule has 2 aromatic rings. The Morgan fingerprint density at radius 2 is 1.95 bits per heavy atom. The number of hydrogen-bond acceptors (Lipinski definition) is 4. The molecule has 1 aromatic heterocycles. The molecule has 0 atom stereocenters. The maximum atomic E-state index is 9.83. The van der Waals surface area contributed by atoms with E-state index in [9.17, 15) is 5.11 Å². The summed E-state index contributed by atoms with van der Waals surface area (Å²) in [7, 11) is 2.01. The van der Waals surface area contributed by atoms with Crippen LogP contribution in [0.5, 0.6) is 0 Å². The topological polar surface area (TPSA) is 36.4 Å². The molecular formula is C16H21ClN2OS. The molecular weight excluding hydrogens is 304 g/mol. The van der Waals surface area contributed by atoms with Gasteiger partial charge in [-0.2, -0.15) is 0 Å². The van der Waals surface area contributed by atoms with Crippen LogP contribution in [0.2, 0.25) is 0 Å². The summed E-state index contributed by atoms with van der Waals surface area (Å²) in [5, 5.41) is 12.8. The monoisotopic (exact) mass is 324 g/mol. The second-order valence-corrected chi connectivity index (χ2v) is 7.08. The van der Waals surface area contributed by atoms with Crippen LogP contribution in [0, 0.1) is 0 Å². The zero-order valence-electron chi connectivity index (χ0n) is 12.6. The largest absolute Gasteiger partial charge is 0.389 e. The van der Waals surface area contributed by atoms with Crippen LogP contribution in [0.4, 0.5) is 0 Å². The molecule has 0 aliphatic carbocycles. The average molecular weight is 325 g/mol. The first-order valence-corrected chi connectivity index (χ1v) is 8.29. The van der Waals surface area contributed by atoms with E-state index in [1.807, 2.05) is 26.3 Å². The molecule has 1 aromatic carbocycles. The van der Waals surface area contributed by atoms with Gasteiger partial charge in [0, 0.05) is 24.0 Å². The van der Waals surface area contributed by atoms with Gasteiger partial charge in [0.25, 0.3) is 0 Å². The molecule has 0 aliphatic rings. The first kappa shape index (κ1) is 16.4. The molecule has 0 fully saturated rings. The fourth-order valence-corrected chi connectivity index (χ4v) is 3.34. The SMILES string of the molecule is CN(Cc1ccc(-c2nc(CCl)cs2)cc1)CC(C)(C)O. The Labute approximate surface area is 135 Å². The molecule has 0 bridgehead atoms. The first-order chi connectivity index (χ1) is 9.87. The molecule has 0 unspecified atom stereocenters. The van der Waals surface area contributed by atoms with E-state index < -0.39 is 5.60 Å². The highest BCUT2D eigenvalue weighted by molar-refractivity contribution is 7.13. The quantitative estimate of drug-likeness (QED) is 0.822. The van der Waals surface area contributed by atoms with Crippen molar-refractivity contribution in [1.29, 1.82) is 0 Å². The van der Waals surface area contributed by atoms with Gasteiger partial charge in [-0.3, -0.25) is 4.90 Å². The zero-order valence-corrected chi connectivity index (χ0v) is 14.2. The van der Waals surface area contributed by atoms with Gasteiger partial charge >= 0.3 is 0 Å². The van der Waals surface area contributed by atoms with Crippen LogP contribution >= 0.6 is 22.9 Å². The number of alkyl halides is 1. The number of aliphatic hydroxyl groups is 1. The third kappa shape index (κ3) is 5.08. The lowest BCUT2D eigenvalue weighted by atomic mass is 10.1. The van der Waals surface area contributed by atoms with E-state index in [1.165, 1.54) is 5.56 Å². The number of thiazole rings is 1. The Bertz CT molecular complexity index is 575. The molecule has 21 heavy (non-hydrogen) atoms. The molecule has 1 N–H and O–H groups in total. The molecule has 0 saturated carbocycles. The van der Waals surface area contributed by atoms with Crippen LogP contribution in [-0.4, -0.2) is 34.2 Å². The van der Waals surface area contributed by atoms with Crippen LogP contribution in [0.25, 0.3) is 10.6 Å². The van der Waals surface area contributed by atoms with E-state index in [1.54, 1.807) is 11.3 Å². The number of hydrogen-bond donors (Lipinski definition) is 1. The summed E-state index contributed by atoms with van der Waals surface area (Å²) >= 11 is 7.40. The van der Waals surface area contributed by atoms with Gasteiger partial charge in [-0.25, -0.2) is 4.98 Å². The number of nitrogens with zero attached hydrogens (tertiary/aromatic N) is 2. The zero-order chi connectivity index (χ0) is 15.5. The van der Waals surface area contributed by atoms with E-state index >= 15 is 0 Å². The molecule has 0 spiro atoms. The first-order valence-electron chi connectivity index (χ1n) is 6.88. The van der Waals surface area contributed by atoms with Crippen molar-refractivity contribution in [1.82, 2.24) is 9.88 Å². The van der Waals surface area contributed by atoms with Crippen molar-refractivity contribution in [3.8, 4) is 10.6 Å². The summed E-state index contributed by atoms with van der Waals surface area (Å²) in [5.41, 5.74) is 2.59. The van der Waals surface area contributed by atoms with Gasteiger partial charge in [-0.1, -0.05) is 24.3 Å². The summed E-state index contributed by atoms with van der Waals surface area (Å²) in [6.07, 6.45) is 0. The van der Waals surface area contributed by atoms with Crippen LogP contribution in [0.1, 0.15) is 25.1 Å². The van der Waals surface area contributed by atoms with Gasteiger partial charge in [-0.15, -0.1) is 22.9 Å². The maximum absolute atomic E-state index is 9.83. The lowest BCUT2D eigenvalue weighted by molar-refractivity contribution is 0.0425. The van der Waals surface area contributed by atoms with Gasteiger partial charge in [0.15, 0.2) is 0 Å². The fourth-order valence-electron chi connectivity index (χ4n) is 2.28. The maximum Gasteiger partial charge on any atom is 0.123 e. The Balaban J connectivity index is 2.02. The number of rotatable bonds is 6. The van der Waals surface area contributed by atoms with Crippen molar-refractivity contribution in [2.75, 3.05) is 13.6 Å². The standard InChI is InChI=1S/C16H21ClN2OS/c1-16(2,20)11-19(3)9-12-4-6-13(7-5-12)15-18-14(8-17)10-21-15/h4-7,10,20H,8-9,11H2,1-3H3. The highest BCUT2D eigenvalue weighted by Crippen LogP contribution is 2.25. The van der Waals surface area contributed by atoms with E-state index in [2.05, 4.69) is 34.1 Å². The predicted octanol–water partition coefficient (Wildman–Crippen LogP) is 3.75. The third-order valence-electron chi connectivity index (χ3n) is 3.00. The Morgan fingerprint density at radius 1 is 1.29 bits per heavy atom. The molecule has 0 amide bonds. The minimum Gasteiger partial charge on any atom is -0.389 e. The van der Waals surface area contributed by atoms with Crippen molar-refractivity contribution in [3.05, 3.63) is 40.9 Å². The summed E-state index contributed by atoms with van der Waals surface area (Å²) in [6, 6.07) is 8.39. The van der Waals surface area contributed by atoms with Gasteiger partial charge in [0.1, 0.15) is 5.01 Å². The number of aromatic nitrogens is 1. The lowest BCUT2D eigenvalue weighted by Crippen LogP contribution is -2.35. The van der Waals surface area contributed by atoms with Crippen LogP contribution in [-0.2, 0) is 12.4 Å². The van der Waals surface area contributed by atoms with E-state index in [0.717, 1.165) is 22.8 Å². The van der Waals surface area contributed by atoms with Gasteiger partial charge < -0.3 is 5.11 Å². The lowest BCUT2D eigenvalue weighted by Gasteiger charge is -2.25. The molecule has 0 radical (unpaired) electrons. The Kier molecular flexibility index (Phi) is 5.38. The molecule has 114 valence electrons. The minimum absolute atomic E-state index is 0.455. The van der Waals surface area contributed by atoms with E-state index in [4.69, 9.17) is 11.6 Å². The van der Waals surface area contributed by atoms with Crippen LogP contribution in [0.3, 0.4) is 0 Å². The fraction of sp³-hybridized carbons (Fsp3) is 0.438. The molecule has 1 heterocycles. The van der Waals surface area contributed by atoms with Crippen LogP contribution < -0.4 is 0 Å². The summed E-state index contributed by atoms with van der Waals surface area (Å²) in [5.74, 6) is 0.455. The highest BCUT2D eigenvalue weighted by atomic mass is 35.5.